The third-order valence-electron chi connectivity index (χ3n) is 2.61. The molecule has 0 aliphatic rings. The number of halogens is 2. The molecule has 0 aliphatic heterocycles. The van der Waals surface area contributed by atoms with Gasteiger partial charge in [-0.1, -0.05) is 12.1 Å². The van der Waals surface area contributed by atoms with Crippen LogP contribution >= 0.6 is 27.3 Å². The molecule has 0 saturated carbocycles. The molecule has 1 aromatic heterocycles. The summed E-state index contributed by atoms with van der Waals surface area (Å²) in [5.74, 6) is -1.94. The number of benzene rings is 1. The molecule has 0 unspecified atom stereocenters. The zero-order valence-corrected chi connectivity index (χ0v) is 13.8. The Hall–Kier alpha value is -1.45. The van der Waals surface area contributed by atoms with Crippen LogP contribution in [0.15, 0.2) is 32.9 Å². The highest BCUT2D eigenvalue weighted by atomic mass is 79.9. The Morgan fingerprint density at radius 2 is 2.10 bits per heavy atom. The minimum absolute atomic E-state index is 0.132. The molecule has 2 N–H and O–H groups in total. The van der Waals surface area contributed by atoms with Gasteiger partial charge in [-0.05, 0) is 40.5 Å². The molecule has 1 heterocycles. The maximum absolute atomic E-state index is 13.7. The fourth-order valence-electron chi connectivity index (χ4n) is 1.59. The van der Waals surface area contributed by atoms with Gasteiger partial charge in [0.25, 0.3) is 10.0 Å². The van der Waals surface area contributed by atoms with Gasteiger partial charge in [0.1, 0.15) is 15.6 Å². The lowest BCUT2D eigenvalue weighted by molar-refractivity contribution is 0.0702. The van der Waals surface area contributed by atoms with Crippen molar-refractivity contribution in [1.29, 1.82) is 0 Å². The summed E-state index contributed by atoms with van der Waals surface area (Å²) in [6, 6.07) is 5.18. The van der Waals surface area contributed by atoms with E-state index in [1.807, 2.05) is 0 Å². The van der Waals surface area contributed by atoms with Crippen molar-refractivity contribution in [1.82, 2.24) is 0 Å². The first-order valence-corrected chi connectivity index (χ1v) is 8.62. The van der Waals surface area contributed by atoms with E-state index in [2.05, 4.69) is 20.7 Å². The molecule has 1 aromatic carbocycles. The standard InChI is InChI=1S/C12H9BrFNO4S2/c1-6-3-2-4-7(14)10(6)15-21(18,19)9-5-8(12(16)17)20-11(9)13/h2-5,15H,1H3,(H,16,17). The Morgan fingerprint density at radius 1 is 1.43 bits per heavy atom. The predicted octanol–water partition coefficient (Wildman–Crippen LogP) is 3.46. The summed E-state index contributed by atoms with van der Waals surface area (Å²) in [5.41, 5.74) is 0.260. The second-order valence-electron chi connectivity index (χ2n) is 4.09. The van der Waals surface area contributed by atoms with Gasteiger partial charge in [0.2, 0.25) is 0 Å². The number of nitrogens with one attached hydrogen (secondary N) is 1. The second kappa shape index (κ2) is 5.74. The number of carboxylic acid groups (broad SMARTS) is 1. The van der Waals surface area contributed by atoms with E-state index in [4.69, 9.17) is 5.11 Å². The Bertz CT molecular complexity index is 796. The fraction of sp³-hybridized carbons (Fsp3) is 0.0833. The number of thiophene rings is 1. The van der Waals surface area contributed by atoms with Gasteiger partial charge in [0.05, 0.1) is 9.47 Å². The zero-order valence-electron chi connectivity index (χ0n) is 10.6. The number of hydrogen-bond acceptors (Lipinski definition) is 4. The van der Waals surface area contributed by atoms with Crippen LogP contribution in [0.4, 0.5) is 10.1 Å². The number of anilines is 1. The normalized spacial score (nSPS) is 11.4. The third kappa shape index (κ3) is 3.25. The van der Waals surface area contributed by atoms with E-state index in [0.717, 1.165) is 23.5 Å². The minimum atomic E-state index is -4.09. The van der Waals surface area contributed by atoms with Crippen LogP contribution in [0.1, 0.15) is 15.2 Å². The average molecular weight is 394 g/mol. The van der Waals surface area contributed by atoms with Crippen LogP contribution in [0, 0.1) is 12.7 Å². The van der Waals surface area contributed by atoms with Crippen LogP contribution < -0.4 is 4.72 Å². The molecule has 0 radical (unpaired) electrons. The molecule has 0 atom stereocenters. The monoisotopic (exact) mass is 393 g/mol. The van der Waals surface area contributed by atoms with Crippen molar-refractivity contribution in [3.63, 3.8) is 0 Å². The quantitative estimate of drug-likeness (QED) is 0.832. The van der Waals surface area contributed by atoms with Gasteiger partial charge in [-0.3, -0.25) is 4.72 Å². The van der Waals surface area contributed by atoms with Crippen molar-refractivity contribution in [2.45, 2.75) is 11.8 Å². The number of aromatic carboxylic acids is 1. The number of carbonyl (C=O) groups is 1. The molecule has 0 fully saturated rings. The molecule has 5 nitrogen and oxygen atoms in total. The minimum Gasteiger partial charge on any atom is -0.477 e. The summed E-state index contributed by atoms with van der Waals surface area (Å²) in [5, 5.41) is 8.88. The fourth-order valence-corrected chi connectivity index (χ4v) is 5.14. The zero-order chi connectivity index (χ0) is 15.8. The molecule has 21 heavy (non-hydrogen) atoms. The summed E-state index contributed by atoms with van der Waals surface area (Å²) >= 11 is 3.79. The highest BCUT2D eigenvalue weighted by Crippen LogP contribution is 2.33. The molecule has 0 aliphatic carbocycles. The van der Waals surface area contributed by atoms with Crippen LogP contribution in [0.2, 0.25) is 0 Å². The van der Waals surface area contributed by atoms with E-state index in [0.29, 0.717) is 5.56 Å². The van der Waals surface area contributed by atoms with Gasteiger partial charge in [-0.25, -0.2) is 17.6 Å². The van der Waals surface area contributed by atoms with Crippen molar-refractivity contribution in [2.24, 2.45) is 0 Å². The van der Waals surface area contributed by atoms with E-state index < -0.39 is 21.8 Å². The summed E-state index contributed by atoms with van der Waals surface area (Å²) < 4.78 is 40.5. The number of aryl methyl sites for hydroxylation is 1. The SMILES string of the molecule is Cc1cccc(F)c1NS(=O)(=O)c1cc(C(=O)O)sc1Br. The molecule has 2 aromatic rings. The Morgan fingerprint density at radius 3 is 2.62 bits per heavy atom. The molecule has 2 rings (SSSR count). The van der Waals surface area contributed by atoms with Gasteiger partial charge in [0.15, 0.2) is 0 Å². The number of sulfonamides is 1. The van der Waals surface area contributed by atoms with Crippen LogP contribution in [0.5, 0.6) is 0 Å². The summed E-state index contributed by atoms with van der Waals surface area (Å²) in [4.78, 5) is 10.5. The highest BCUT2D eigenvalue weighted by Gasteiger charge is 2.24. The maximum Gasteiger partial charge on any atom is 0.345 e. The summed E-state index contributed by atoms with van der Waals surface area (Å²) in [6.07, 6.45) is 0. The number of carboxylic acids is 1. The lowest BCUT2D eigenvalue weighted by atomic mass is 10.2. The largest absolute Gasteiger partial charge is 0.477 e. The predicted molar refractivity (Wildman–Crippen MR) is 80.9 cm³/mol. The van der Waals surface area contributed by atoms with Crippen LogP contribution in [0.3, 0.4) is 0 Å². The first-order valence-electron chi connectivity index (χ1n) is 5.53. The Kier molecular flexibility index (Phi) is 4.35. The summed E-state index contributed by atoms with van der Waals surface area (Å²) in [7, 11) is -4.09. The van der Waals surface area contributed by atoms with Crippen LogP contribution in [-0.2, 0) is 10.0 Å². The Labute approximate surface area is 132 Å². The lowest BCUT2D eigenvalue weighted by Crippen LogP contribution is -2.14. The van der Waals surface area contributed by atoms with Gasteiger partial charge in [-0.15, -0.1) is 11.3 Å². The third-order valence-corrected chi connectivity index (χ3v) is 6.20. The van der Waals surface area contributed by atoms with Gasteiger partial charge < -0.3 is 5.11 Å². The molecule has 0 amide bonds. The van der Waals surface area contributed by atoms with Crippen molar-refractivity contribution in [3.8, 4) is 0 Å². The smallest absolute Gasteiger partial charge is 0.345 e. The van der Waals surface area contributed by atoms with E-state index in [1.54, 1.807) is 13.0 Å². The highest BCUT2D eigenvalue weighted by molar-refractivity contribution is 9.11. The van der Waals surface area contributed by atoms with Gasteiger partial charge >= 0.3 is 5.97 Å². The molecule has 112 valence electrons. The maximum atomic E-state index is 13.7. The van der Waals surface area contributed by atoms with Crippen molar-refractivity contribution in [2.75, 3.05) is 4.72 Å². The van der Waals surface area contributed by atoms with E-state index in [9.17, 15) is 17.6 Å². The van der Waals surface area contributed by atoms with Gasteiger partial charge in [-0.2, -0.15) is 0 Å². The average Bonchev–Trinajstić information content (AvgIpc) is 2.77. The topological polar surface area (TPSA) is 83.5 Å². The van der Waals surface area contributed by atoms with Crippen molar-refractivity contribution >= 4 is 48.9 Å². The van der Waals surface area contributed by atoms with Crippen molar-refractivity contribution in [3.05, 3.63) is 44.3 Å². The van der Waals surface area contributed by atoms with Crippen LogP contribution in [-0.4, -0.2) is 19.5 Å². The van der Waals surface area contributed by atoms with E-state index in [-0.39, 0.29) is 19.2 Å². The Balaban J connectivity index is 2.46. The van der Waals surface area contributed by atoms with E-state index in [1.165, 1.54) is 6.07 Å². The molecule has 0 saturated heterocycles. The molecule has 9 heteroatoms. The van der Waals surface area contributed by atoms with Crippen molar-refractivity contribution < 1.29 is 22.7 Å². The van der Waals surface area contributed by atoms with E-state index >= 15 is 0 Å². The van der Waals surface area contributed by atoms with Gasteiger partial charge in [0, 0.05) is 0 Å². The number of hydrogen-bond donors (Lipinski definition) is 2. The van der Waals surface area contributed by atoms with Crippen LogP contribution in [0.25, 0.3) is 0 Å². The first kappa shape index (κ1) is 15.9. The molecule has 0 bridgehead atoms. The summed E-state index contributed by atoms with van der Waals surface area (Å²) in [6.45, 7) is 1.56. The first-order chi connectivity index (χ1) is 9.72. The second-order valence-corrected chi connectivity index (χ2v) is 8.11. The lowest BCUT2D eigenvalue weighted by Gasteiger charge is -2.10. The number of rotatable bonds is 4. The molecule has 0 spiro atoms. The molecular weight excluding hydrogens is 385 g/mol. The molecular formula is C12H9BrFNO4S2. The number of para-hydroxylation sites is 1.